The van der Waals surface area contributed by atoms with Crippen LogP contribution < -0.4 is 5.32 Å². The van der Waals surface area contributed by atoms with E-state index in [-0.39, 0.29) is 24.1 Å². The van der Waals surface area contributed by atoms with Crippen molar-refractivity contribution in [2.24, 2.45) is 0 Å². The average molecular weight is 249 g/mol. The molecule has 0 aromatic rings. The summed E-state index contributed by atoms with van der Waals surface area (Å²) in [5.74, 6) is -0.916. The summed E-state index contributed by atoms with van der Waals surface area (Å²) in [4.78, 5) is 32.0. The highest BCUT2D eigenvalue weighted by molar-refractivity contribution is 8.13. The number of carboxylic acids is 1. The lowest BCUT2D eigenvalue weighted by atomic mass is 10.3. The van der Waals surface area contributed by atoms with E-state index in [1.807, 2.05) is 0 Å². The highest BCUT2D eigenvalue weighted by Gasteiger charge is 2.05. The van der Waals surface area contributed by atoms with Gasteiger partial charge in [-0.3, -0.25) is 9.59 Å². The molecule has 0 aliphatic rings. The fraction of sp³-hybridized carbons (Fsp3) is 0.667. The van der Waals surface area contributed by atoms with Crippen molar-refractivity contribution < 1.29 is 24.2 Å². The van der Waals surface area contributed by atoms with Gasteiger partial charge in [-0.2, -0.15) is 0 Å². The standard InChI is InChI=1S/C9H15NO5S/c1-2-15-9(14)16-6-5-10-7(11)3-4-8(12)13/h2-6H2,1H3,(H,10,11)(H,12,13). The first-order chi connectivity index (χ1) is 7.56. The number of hydrogen-bond donors (Lipinski definition) is 2. The fourth-order valence-electron chi connectivity index (χ4n) is 0.793. The van der Waals surface area contributed by atoms with Crippen molar-refractivity contribution in [3.63, 3.8) is 0 Å². The molecule has 0 radical (unpaired) electrons. The Bertz CT molecular complexity index is 256. The molecule has 0 aromatic carbocycles. The number of carboxylic acid groups (broad SMARTS) is 1. The van der Waals surface area contributed by atoms with E-state index >= 15 is 0 Å². The van der Waals surface area contributed by atoms with E-state index in [0.29, 0.717) is 18.9 Å². The number of hydrogen-bond acceptors (Lipinski definition) is 5. The van der Waals surface area contributed by atoms with Gasteiger partial charge < -0.3 is 15.2 Å². The third-order valence-corrected chi connectivity index (χ3v) is 2.23. The van der Waals surface area contributed by atoms with Gasteiger partial charge in [0.25, 0.3) is 0 Å². The molecule has 6 nitrogen and oxygen atoms in total. The van der Waals surface area contributed by atoms with E-state index in [4.69, 9.17) is 5.11 Å². The molecule has 0 aliphatic heterocycles. The Labute approximate surface area is 97.7 Å². The zero-order valence-corrected chi connectivity index (χ0v) is 9.84. The molecule has 0 fully saturated rings. The van der Waals surface area contributed by atoms with Crippen LogP contribution in [0.15, 0.2) is 0 Å². The highest BCUT2D eigenvalue weighted by Crippen LogP contribution is 2.03. The largest absolute Gasteiger partial charge is 0.481 e. The van der Waals surface area contributed by atoms with Crippen LogP contribution in [-0.2, 0) is 14.3 Å². The quantitative estimate of drug-likeness (QED) is 0.513. The molecule has 0 bridgehead atoms. The van der Waals surface area contributed by atoms with Crippen LogP contribution in [0.25, 0.3) is 0 Å². The van der Waals surface area contributed by atoms with Crippen LogP contribution in [0.3, 0.4) is 0 Å². The first-order valence-electron chi connectivity index (χ1n) is 4.84. The van der Waals surface area contributed by atoms with E-state index in [1.54, 1.807) is 6.92 Å². The van der Waals surface area contributed by atoms with Gasteiger partial charge in [-0.15, -0.1) is 0 Å². The Morgan fingerprint density at radius 1 is 1.31 bits per heavy atom. The Kier molecular flexibility index (Phi) is 8.32. The van der Waals surface area contributed by atoms with Crippen molar-refractivity contribution in [3.8, 4) is 0 Å². The van der Waals surface area contributed by atoms with E-state index in [1.165, 1.54) is 0 Å². The molecule has 7 heteroatoms. The van der Waals surface area contributed by atoms with Gasteiger partial charge in [-0.25, -0.2) is 4.79 Å². The molecular formula is C9H15NO5S. The lowest BCUT2D eigenvalue weighted by molar-refractivity contribution is -0.138. The zero-order chi connectivity index (χ0) is 12.4. The maximum atomic E-state index is 11.0. The second-order valence-corrected chi connectivity index (χ2v) is 3.81. The van der Waals surface area contributed by atoms with Crippen LogP contribution in [0.4, 0.5) is 4.79 Å². The first kappa shape index (κ1) is 14.8. The molecule has 1 amide bonds. The van der Waals surface area contributed by atoms with Gasteiger partial charge in [0.15, 0.2) is 0 Å². The van der Waals surface area contributed by atoms with Crippen LogP contribution in [0.1, 0.15) is 19.8 Å². The fourth-order valence-corrected chi connectivity index (χ4v) is 1.37. The van der Waals surface area contributed by atoms with Gasteiger partial charge in [0.2, 0.25) is 5.91 Å². The van der Waals surface area contributed by atoms with Crippen LogP contribution in [0.2, 0.25) is 0 Å². The molecule has 0 saturated carbocycles. The Morgan fingerprint density at radius 2 is 2.00 bits per heavy atom. The van der Waals surface area contributed by atoms with Crippen LogP contribution >= 0.6 is 11.8 Å². The van der Waals surface area contributed by atoms with Gasteiger partial charge in [0.1, 0.15) is 0 Å². The Hall–Kier alpha value is -1.24. The number of carbonyl (C=O) groups is 3. The van der Waals surface area contributed by atoms with Crippen molar-refractivity contribution in [1.82, 2.24) is 5.32 Å². The van der Waals surface area contributed by atoms with Crippen molar-refractivity contribution in [3.05, 3.63) is 0 Å². The number of thioether (sulfide) groups is 1. The van der Waals surface area contributed by atoms with Crippen LogP contribution in [0.5, 0.6) is 0 Å². The lowest BCUT2D eigenvalue weighted by Gasteiger charge is -2.03. The second-order valence-electron chi connectivity index (χ2n) is 2.78. The number of amides is 1. The third kappa shape index (κ3) is 9.32. The summed E-state index contributed by atoms with van der Waals surface area (Å²) in [7, 11) is 0. The Balaban J connectivity index is 3.40. The lowest BCUT2D eigenvalue weighted by Crippen LogP contribution is -2.26. The minimum atomic E-state index is -1.00. The minimum Gasteiger partial charge on any atom is -0.481 e. The predicted octanol–water partition coefficient (Wildman–Crippen LogP) is 0.857. The summed E-state index contributed by atoms with van der Waals surface area (Å²) < 4.78 is 4.66. The monoisotopic (exact) mass is 249 g/mol. The second kappa shape index (κ2) is 9.02. The predicted molar refractivity (Wildman–Crippen MR) is 59.4 cm³/mol. The molecule has 0 atom stereocenters. The van der Waals surface area contributed by atoms with Gasteiger partial charge >= 0.3 is 11.3 Å². The van der Waals surface area contributed by atoms with E-state index < -0.39 is 5.97 Å². The molecule has 0 rings (SSSR count). The minimum absolute atomic E-state index is 0.0423. The maximum Gasteiger partial charge on any atom is 0.367 e. The van der Waals surface area contributed by atoms with E-state index in [0.717, 1.165) is 11.8 Å². The molecule has 0 spiro atoms. The molecule has 0 aromatic heterocycles. The summed E-state index contributed by atoms with van der Waals surface area (Å²) >= 11 is 0.975. The van der Waals surface area contributed by atoms with Gasteiger partial charge in [0.05, 0.1) is 13.0 Å². The molecule has 0 saturated heterocycles. The average Bonchev–Trinajstić information content (AvgIpc) is 2.22. The van der Waals surface area contributed by atoms with Crippen molar-refractivity contribution in [2.75, 3.05) is 18.9 Å². The van der Waals surface area contributed by atoms with Crippen molar-refractivity contribution >= 4 is 28.9 Å². The Morgan fingerprint density at radius 3 is 2.56 bits per heavy atom. The normalized spacial score (nSPS) is 9.56. The number of rotatable bonds is 7. The van der Waals surface area contributed by atoms with Crippen molar-refractivity contribution in [2.45, 2.75) is 19.8 Å². The zero-order valence-electron chi connectivity index (χ0n) is 9.02. The van der Waals surface area contributed by atoms with Gasteiger partial charge in [-0.1, -0.05) is 0 Å². The molecule has 16 heavy (non-hydrogen) atoms. The number of ether oxygens (including phenoxy) is 1. The van der Waals surface area contributed by atoms with Crippen LogP contribution in [0, 0.1) is 0 Å². The molecule has 2 N–H and O–H groups in total. The topological polar surface area (TPSA) is 92.7 Å². The molecular weight excluding hydrogens is 234 g/mol. The molecule has 0 aliphatic carbocycles. The molecule has 0 heterocycles. The molecule has 0 unspecified atom stereocenters. The first-order valence-corrected chi connectivity index (χ1v) is 5.82. The summed E-state index contributed by atoms with van der Waals surface area (Å²) in [6.45, 7) is 2.37. The highest BCUT2D eigenvalue weighted by atomic mass is 32.2. The number of nitrogens with one attached hydrogen (secondary N) is 1. The summed E-state index contributed by atoms with van der Waals surface area (Å²) in [5, 5.41) is 10.5. The van der Waals surface area contributed by atoms with E-state index in [9.17, 15) is 14.4 Å². The SMILES string of the molecule is CCOC(=O)SCCNC(=O)CCC(=O)O. The smallest absolute Gasteiger partial charge is 0.367 e. The number of aliphatic carboxylic acids is 1. The third-order valence-electron chi connectivity index (χ3n) is 1.47. The van der Waals surface area contributed by atoms with Crippen molar-refractivity contribution in [1.29, 1.82) is 0 Å². The van der Waals surface area contributed by atoms with Crippen LogP contribution in [-0.4, -0.2) is 41.2 Å². The molecule has 92 valence electrons. The van der Waals surface area contributed by atoms with Gasteiger partial charge in [0, 0.05) is 18.7 Å². The summed E-state index contributed by atoms with van der Waals surface area (Å²) in [5.41, 5.74) is 0. The van der Waals surface area contributed by atoms with E-state index in [2.05, 4.69) is 10.1 Å². The maximum absolute atomic E-state index is 11.0. The van der Waals surface area contributed by atoms with Gasteiger partial charge in [-0.05, 0) is 18.7 Å². The number of carbonyl (C=O) groups excluding carboxylic acids is 2. The summed E-state index contributed by atoms with van der Waals surface area (Å²) in [6.07, 6.45) is -0.226. The summed E-state index contributed by atoms with van der Waals surface area (Å²) in [6, 6.07) is 0.